The quantitative estimate of drug-likeness (QED) is 0.860. The second kappa shape index (κ2) is 6.61. The molecule has 2 aliphatic rings. The van der Waals surface area contributed by atoms with Crippen LogP contribution in [0.2, 0.25) is 0 Å². The zero-order chi connectivity index (χ0) is 16.4. The van der Waals surface area contributed by atoms with E-state index >= 15 is 0 Å². The number of hydrogen-bond donors (Lipinski definition) is 0. The number of carbonyl (C=O) groups excluding carboxylic acids is 1. The molecule has 5 nitrogen and oxygen atoms in total. The molecule has 1 spiro atoms. The van der Waals surface area contributed by atoms with Crippen molar-refractivity contribution >= 4 is 17.2 Å². The Kier molecular flexibility index (Phi) is 4.33. The standard InChI is InChI=1S/C18H22N4OS/c23-17(16-12-24-14-20-16)22-9-5-18(13-22)3-7-21(8-4-18)11-15-2-1-6-19-10-15/h1-2,6,10,12,14H,3-5,7-9,11,13H2. The first-order chi connectivity index (χ1) is 11.7. The molecule has 0 aliphatic carbocycles. The van der Waals surface area contributed by atoms with Crippen LogP contribution in [0, 0.1) is 5.41 Å². The van der Waals surface area contributed by atoms with Gasteiger partial charge in [0.15, 0.2) is 0 Å². The summed E-state index contributed by atoms with van der Waals surface area (Å²) in [5.41, 5.74) is 3.93. The van der Waals surface area contributed by atoms with Gasteiger partial charge < -0.3 is 4.90 Å². The number of amides is 1. The SMILES string of the molecule is O=C(c1cscn1)N1CCC2(CCN(Cc3cccnc3)CC2)C1. The van der Waals surface area contributed by atoms with E-state index in [0.717, 1.165) is 39.1 Å². The lowest BCUT2D eigenvalue weighted by Gasteiger charge is -2.39. The van der Waals surface area contributed by atoms with Crippen molar-refractivity contribution in [2.75, 3.05) is 26.2 Å². The molecular weight excluding hydrogens is 320 g/mol. The number of nitrogens with zero attached hydrogens (tertiary/aromatic N) is 4. The maximum absolute atomic E-state index is 12.5. The topological polar surface area (TPSA) is 49.3 Å². The highest BCUT2D eigenvalue weighted by Gasteiger charge is 2.42. The third-order valence-electron chi connectivity index (χ3n) is 5.42. The fraction of sp³-hybridized carbons (Fsp3) is 0.500. The van der Waals surface area contributed by atoms with E-state index in [9.17, 15) is 4.79 Å². The van der Waals surface area contributed by atoms with Crippen LogP contribution in [-0.2, 0) is 6.54 Å². The van der Waals surface area contributed by atoms with Gasteiger partial charge in [-0.2, -0.15) is 0 Å². The predicted octanol–water partition coefficient (Wildman–Crippen LogP) is 2.67. The van der Waals surface area contributed by atoms with Crippen molar-refractivity contribution in [3.63, 3.8) is 0 Å². The van der Waals surface area contributed by atoms with E-state index < -0.39 is 0 Å². The average molecular weight is 342 g/mol. The van der Waals surface area contributed by atoms with E-state index in [1.807, 2.05) is 28.7 Å². The maximum atomic E-state index is 12.5. The van der Waals surface area contributed by atoms with E-state index in [2.05, 4.69) is 20.9 Å². The summed E-state index contributed by atoms with van der Waals surface area (Å²) in [4.78, 5) is 25.4. The number of thiazole rings is 1. The van der Waals surface area contributed by atoms with Crippen LogP contribution in [0.4, 0.5) is 0 Å². The normalized spacial score (nSPS) is 20.6. The Morgan fingerprint density at radius 1 is 1.25 bits per heavy atom. The van der Waals surface area contributed by atoms with Crippen LogP contribution in [0.1, 0.15) is 35.3 Å². The lowest BCUT2D eigenvalue weighted by atomic mass is 9.77. The van der Waals surface area contributed by atoms with Gasteiger partial charge >= 0.3 is 0 Å². The first kappa shape index (κ1) is 15.7. The van der Waals surface area contributed by atoms with Gasteiger partial charge in [0.05, 0.1) is 5.51 Å². The molecule has 2 aromatic rings. The minimum atomic E-state index is 0.103. The second-order valence-electron chi connectivity index (χ2n) is 6.99. The molecule has 0 aromatic carbocycles. The molecule has 2 fully saturated rings. The lowest BCUT2D eigenvalue weighted by molar-refractivity contribution is 0.0709. The smallest absolute Gasteiger partial charge is 0.273 e. The molecule has 0 radical (unpaired) electrons. The van der Waals surface area contributed by atoms with Crippen molar-refractivity contribution in [2.45, 2.75) is 25.8 Å². The van der Waals surface area contributed by atoms with E-state index in [4.69, 9.17) is 0 Å². The third-order valence-corrected chi connectivity index (χ3v) is 6.01. The van der Waals surface area contributed by atoms with Crippen LogP contribution >= 0.6 is 11.3 Å². The Hall–Kier alpha value is -1.79. The van der Waals surface area contributed by atoms with Gasteiger partial charge in [-0.15, -0.1) is 11.3 Å². The zero-order valence-corrected chi connectivity index (χ0v) is 14.5. The number of pyridine rings is 1. The molecule has 0 N–H and O–H groups in total. The highest BCUT2D eigenvalue weighted by atomic mass is 32.1. The molecule has 4 rings (SSSR count). The van der Waals surface area contributed by atoms with Gasteiger partial charge in [0.2, 0.25) is 0 Å². The molecule has 24 heavy (non-hydrogen) atoms. The Morgan fingerprint density at radius 3 is 2.79 bits per heavy atom. The lowest BCUT2D eigenvalue weighted by Crippen LogP contribution is -2.42. The van der Waals surface area contributed by atoms with E-state index in [1.165, 1.54) is 29.7 Å². The average Bonchev–Trinajstić information content (AvgIpc) is 3.28. The second-order valence-corrected chi connectivity index (χ2v) is 7.71. The highest BCUT2D eigenvalue weighted by molar-refractivity contribution is 7.07. The maximum Gasteiger partial charge on any atom is 0.273 e. The van der Waals surface area contributed by atoms with Gasteiger partial charge in [0, 0.05) is 37.4 Å². The zero-order valence-electron chi connectivity index (χ0n) is 13.7. The van der Waals surface area contributed by atoms with Gasteiger partial charge in [-0.1, -0.05) is 6.07 Å². The molecule has 2 saturated heterocycles. The number of aromatic nitrogens is 2. The van der Waals surface area contributed by atoms with E-state index in [1.54, 1.807) is 5.51 Å². The van der Waals surface area contributed by atoms with Crippen LogP contribution in [0.15, 0.2) is 35.4 Å². The molecule has 4 heterocycles. The van der Waals surface area contributed by atoms with Gasteiger partial charge in [-0.3, -0.25) is 14.7 Å². The molecule has 2 aromatic heterocycles. The molecule has 1 amide bonds. The fourth-order valence-corrected chi connectivity index (χ4v) is 4.46. The number of hydrogen-bond acceptors (Lipinski definition) is 5. The molecule has 6 heteroatoms. The third kappa shape index (κ3) is 3.21. The molecule has 0 unspecified atom stereocenters. The first-order valence-corrected chi connectivity index (χ1v) is 9.47. The fourth-order valence-electron chi connectivity index (χ4n) is 3.93. The van der Waals surface area contributed by atoms with Crippen LogP contribution in [0.25, 0.3) is 0 Å². The summed E-state index contributed by atoms with van der Waals surface area (Å²) in [7, 11) is 0. The highest BCUT2D eigenvalue weighted by Crippen LogP contribution is 2.41. The van der Waals surface area contributed by atoms with Crippen molar-refractivity contribution in [3.05, 3.63) is 46.7 Å². The van der Waals surface area contributed by atoms with Crippen molar-refractivity contribution in [3.8, 4) is 0 Å². The molecule has 0 atom stereocenters. The Balaban J connectivity index is 1.33. The van der Waals surface area contributed by atoms with Crippen LogP contribution in [-0.4, -0.2) is 51.9 Å². The molecule has 126 valence electrons. The summed E-state index contributed by atoms with van der Waals surface area (Å²) in [6, 6.07) is 4.14. The van der Waals surface area contributed by atoms with Crippen molar-refractivity contribution in [2.24, 2.45) is 5.41 Å². The monoisotopic (exact) mass is 342 g/mol. The molecule has 0 saturated carbocycles. The summed E-state index contributed by atoms with van der Waals surface area (Å²) in [6.07, 6.45) is 7.25. The van der Waals surface area contributed by atoms with Gasteiger partial charge in [0.25, 0.3) is 5.91 Å². The summed E-state index contributed by atoms with van der Waals surface area (Å²) < 4.78 is 0. The Labute approximate surface area is 146 Å². The number of rotatable bonds is 3. The number of carbonyl (C=O) groups is 1. The molecular formula is C18H22N4OS. The number of piperidine rings is 1. The van der Waals surface area contributed by atoms with E-state index in [-0.39, 0.29) is 5.91 Å². The van der Waals surface area contributed by atoms with Crippen molar-refractivity contribution < 1.29 is 4.79 Å². The predicted molar refractivity (Wildman–Crippen MR) is 93.8 cm³/mol. The van der Waals surface area contributed by atoms with Crippen molar-refractivity contribution in [1.82, 2.24) is 19.8 Å². The van der Waals surface area contributed by atoms with E-state index in [0.29, 0.717) is 11.1 Å². The van der Waals surface area contributed by atoms with Crippen molar-refractivity contribution in [1.29, 1.82) is 0 Å². The van der Waals surface area contributed by atoms with Gasteiger partial charge in [-0.25, -0.2) is 4.98 Å². The molecule has 2 aliphatic heterocycles. The Morgan fingerprint density at radius 2 is 2.08 bits per heavy atom. The Bertz CT molecular complexity index is 680. The summed E-state index contributed by atoms with van der Waals surface area (Å²) in [5, 5.41) is 1.85. The summed E-state index contributed by atoms with van der Waals surface area (Å²) in [6.45, 7) is 4.95. The van der Waals surface area contributed by atoms with Crippen LogP contribution in [0.3, 0.4) is 0 Å². The minimum Gasteiger partial charge on any atom is -0.337 e. The van der Waals surface area contributed by atoms with Crippen LogP contribution in [0.5, 0.6) is 0 Å². The minimum absolute atomic E-state index is 0.103. The van der Waals surface area contributed by atoms with Gasteiger partial charge in [0.1, 0.15) is 5.69 Å². The van der Waals surface area contributed by atoms with Gasteiger partial charge in [-0.05, 0) is 49.4 Å². The first-order valence-electron chi connectivity index (χ1n) is 8.53. The molecule has 0 bridgehead atoms. The summed E-state index contributed by atoms with van der Waals surface area (Å²) >= 11 is 1.48. The largest absolute Gasteiger partial charge is 0.337 e. The van der Waals surface area contributed by atoms with Crippen LogP contribution < -0.4 is 0 Å². The summed E-state index contributed by atoms with van der Waals surface area (Å²) in [5.74, 6) is 0.103. The number of likely N-dealkylation sites (tertiary alicyclic amines) is 2.